The maximum atomic E-state index is 12.9. The third-order valence-electron chi connectivity index (χ3n) is 7.23. The number of aliphatic imine (C=N–C) groups is 1. The van der Waals surface area contributed by atoms with Crippen LogP contribution >= 0.6 is 0 Å². The Bertz CT molecular complexity index is 1520. The summed E-state index contributed by atoms with van der Waals surface area (Å²) in [5.41, 5.74) is 4.41. The number of ether oxygens (including phenoxy) is 1. The number of nitrogens with zero attached hydrogens (tertiary/aromatic N) is 3. The minimum absolute atomic E-state index is 0.0433. The number of carbonyl (C=O) groups excluding carboxylic acids is 2. The Hall–Kier alpha value is -4.43. The smallest absolute Gasteiger partial charge is 0.338 e. The molecule has 0 radical (unpaired) electrons. The number of carbonyl (C=O) groups is 2. The lowest BCUT2D eigenvalue weighted by molar-refractivity contribution is -0.119. The second kappa shape index (κ2) is 12.2. The topological polar surface area (TPSA) is 98.2 Å². The average molecular weight is 539 g/mol. The maximum absolute atomic E-state index is 12.9. The number of piperidine rings is 1. The molecule has 0 bridgehead atoms. The van der Waals surface area contributed by atoms with Gasteiger partial charge in [0.1, 0.15) is 0 Å². The van der Waals surface area contributed by atoms with E-state index in [1.165, 1.54) is 6.42 Å². The van der Waals surface area contributed by atoms with Crippen LogP contribution in [0.4, 0.5) is 11.4 Å². The number of nitrogens with one attached hydrogen (secondary N) is 1. The number of hydrogen-bond acceptors (Lipinski definition) is 6. The molecule has 1 aliphatic heterocycles. The van der Waals surface area contributed by atoms with Gasteiger partial charge in [-0.25, -0.2) is 9.79 Å². The van der Waals surface area contributed by atoms with Crippen LogP contribution in [0.5, 0.6) is 5.88 Å². The first-order valence-electron chi connectivity index (χ1n) is 13.7. The third-order valence-corrected chi connectivity index (χ3v) is 7.23. The predicted molar refractivity (Wildman–Crippen MR) is 158 cm³/mol. The number of aromatic nitrogens is 1. The van der Waals surface area contributed by atoms with E-state index in [-0.39, 0.29) is 18.4 Å². The molecule has 1 saturated heterocycles. The summed E-state index contributed by atoms with van der Waals surface area (Å²) in [5.74, 6) is -0.399. The van der Waals surface area contributed by atoms with Gasteiger partial charge in [-0.15, -0.1) is 0 Å². The van der Waals surface area contributed by atoms with Crippen molar-refractivity contribution in [1.29, 1.82) is 0 Å². The van der Waals surface area contributed by atoms with Crippen molar-refractivity contribution < 1.29 is 19.4 Å². The molecule has 4 aromatic rings. The van der Waals surface area contributed by atoms with Crippen LogP contribution in [0.15, 0.2) is 77.8 Å². The molecule has 1 amide bonds. The highest BCUT2D eigenvalue weighted by Gasteiger charge is 2.21. The minimum atomic E-state index is -0.420. The second-order valence-electron chi connectivity index (χ2n) is 9.96. The van der Waals surface area contributed by atoms with Gasteiger partial charge in [0.15, 0.2) is 5.88 Å². The van der Waals surface area contributed by atoms with Crippen LogP contribution in [0, 0.1) is 0 Å². The van der Waals surface area contributed by atoms with Gasteiger partial charge in [-0.3, -0.25) is 9.69 Å². The number of amides is 1. The number of fused-ring (bicyclic) bond motifs is 1. The van der Waals surface area contributed by atoms with Gasteiger partial charge in [0.2, 0.25) is 5.91 Å². The van der Waals surface area contributed by atoms with Crippen molar-refractivity contribution in [3.63, 3.8) is 0 Å². The molecule has 40 heavy (non-hydrogen) atoms. The number of rotatable bonds is 8. The summed E-state index contributed by atoms with van der Waals surface area (Å²) >= 11 is 0. The molecule has 0 atom stereocenters. The Balaban J connectivity index is 1.46. The van der Waals surface area contributed by atoms with Gasteiger partial charge in [0, 0.05) is 29.2 Å². The normalized spacial score (nSPS) is 14.3. The highest BCUT2D eigenvalue weighted by molar-refractivity contribution is 6.22. The second-order valence-corrected chi connectivity index (χ2v) is 9.96. The van der Waals surface area contributed by atoms with Gasteiger partial charge in [-0.1, -0.05) is 42.8 Å². The van der Waals surface area contributed by atoms with E-state index in [9.17, 15) is 14.7 Å². The van der Waals surface area contributed by atoms with Gasteiger partial charge in [0.05, 0.1) is 35.7 Å². The first kappa shape index (κ1) is 27.1. The zero-order chi connectivity index (χ0) is 28.1. The molecular formula is C32H34N4O4. The summed E-state index contributed by atoms with van der Waals surface area (Å²) in [7, 11) is 1.80. The van der Waals surface area contributed by atoms with Gasteiger partial charge < -0.3 is 19.7 Å². The average Bonchev–Trinajstić information content (AvgIpc) is 3.31. The molecule has 2 heterocycles. The molecule has 8 nitrogen and oxygen atoms in total. The Morgan fingerprint density at radius 1 is 0.975 bits per heavy atom. The Morgan fingerprint density at radius 2 is 1.70 bits per heavy atom. The molecule has 0 aliphatic carbocycles. The fourth-order valence-corrected chi connectivity index (χ4v) is 5.06. The number of anilines is 1. The molecule has 206 valence electrons. The SMILES string of the molecule is CCOC(=O)c1ccc2c(C(=Nc3ccc(N(C)C(=O)CN4CCCCC4)cc3)c3ccccc3)c(O)[nH]c2c1. The van der Waals surface area contributed by atoms with Crippen LogP contribution < -0.4 is 4.90 Å². The molecule has 8 heteroatoms. The monoisotopic (exact) mass is 538 g/mol. The molecule has 1 fully saturated rings. The standard InChI is InChI=1S/C32H34N4O4/c1-3-40-32(39)23-12-17-26-27(20-23)34-31(38)29(26)30(22-10-6-4-7-11-22)33-24-13-15-25(16-14-24)35(2)28(37)21-36-18-8-5-9-19-36/h4,6-7,10-17,20,34,38H,3,5,8-9,18-19,21H2,1-2H3. The number of esters is 1. The molecule has 0 saturated carbocycles. The fourth-order valence-electron chi connectivity index (χ4n) is 5.06. The highest BCUT2D eigenvalue weighted by atomic mass is 16.5. The van der Waals surface area contributed by atoms with Crippen LogP contribution in [0.3, 0.4) is 0 Å². The zero-order valence-electron chi connectivity index (χ0n) is 22.9. The first-order valence-corrected chi connectivity index (χ1v) is 13.7. The summed E-state index contributed by atoms with van der Waals surface area (Å²) in [6, 6.07) is 22.3. The summed E-state index contributed by atoms with van der Waals surface area (Å²) in [4.78, 5) is 37.0. The van der Waals surface area contributed by atoms with E-state index in [2.05, 4.69) is 9.88 Å². The lowest BCUT2D eigenvalue weighted by Crippen LogP contribution is -2.40. The van der Waals surface area contributed by atoms with Crippen LogP contribution in [-0.2, 0) is 9.53 Å². The zero-order valence-corrected chi connectivity index (χ0v) is 22.9. The van der Waals surface area contributed by atoms with E-state index < -0.39 is 5.97 Å². The van der Waals surface area contributed by atoms with E-state index in [1.54, 1.807) is 37.1 Å². The number of H-pyrrole nitrogens is 1. The van der Waals surface area contributed by atoms with Crippen molar-refractivity contribution in [2.24, 2.45) is 4.99 Å². The number of aromatic hydroxyl groups is 1. The van der Waals surface area contributed by atoms with E-state index in [4.69, 9.17) is 9.73 Å². The largest absolute Gasteiger partial charge is 0.494 e. The summed E-state index contributed by atoms with van der Waals surface area (Å²) in [6.45, 7) is 4.41. The number of likely N-dealkylation sites (N-methyl/N-ethyl adjacent to an activating group) is 1. The maximum Gasteiger partial charge on any atom is 0.338 e. The third kappa shape index (κ3) is 5.92. The first-order chi connectivity index (χ1) is 19.4. The summed E-state index contributed by atoms with van der Waals surface area (Å²) in [5, 5.41) is 11.7. The van der Waals surface area contributed by atoms with E-state index in [1.807, 2.05) is 54.6 Å². The summed E-state index contributed by atoms with van der Waals surface area (Å²) < 4.78 is 5.12. The molecule has 3 aromatic carbocycles. The van der Waals surface area contributed by atoms with Crippen LogP contribution in [0.1, 0.15) is 47.7 Å². The van der Waals surface area contributed by atoms with Gasteiger partial charge in [-0.05, 0) is 69.3 Å². The fraction of sp³-hybridized carbons (Fsp3) is 0.281. The molecule has 5 rings (SSSR count). The predicted octanol–water partition coefficient (Wildman–Crippen LogP) is 5.67. The number of benzene rings is 3. The van der Waals surface area contributed by atoms with Crippen molar-refractivity contribution in [2.75, 3.05) is 38.2 Å². The molecule has 0 spiro atoms. The van der Waals surface area contributed by atoms with Gasteiger partial charge >= 0.3 is 5.97 Å². The Labute approximate surface area is 233 Å². The number of aromatic amines is 1. The van der Waals surface area contributed by atoms with Crippen molar-refractivity contribution in [2.45, 2.75) is 26.2 Å². The van der Waals surface area contributed by atoms with E-state index >= 15 is 0 Å². The molecule has 1 aromatic heterocycles. The van der Waals surface area contributed by atoms with E-state index in [0.717, 1.165) is 42.6 Å². The lowest BCUT2D eigenvalue weighted by Gasteiger charge is -2.28. The van der Waals surface area contributed by atoms with Crippen molar-refractivity contribution in [1.82, 2.24) is 9.88 Å². The van der Waals surface area contributed by atoms with Crippen molar-refractivity contribution in [3.05, 3.63) is 89.5 Å². The van der Waals surface area contributed by atoms with Crippen molar-refractivity contribution >= 4 is 39.9 Å². The van der Waals surface area contributed by atoms with E-state index in [0.29, 0.717) is 34.6 Å². The van der Waals surface area contributed by atoms with Crippen LogP contribution in [0.25, 0.3) is 10.9 Å². The van der Waals surface area contributed by atoms with Crippen molar-refractivity contribution in [3.8, 4) is 5.88 Å². The van der Waals surface area contributed by atoms with Gasteiger partial charge in [0.25, 0.3) is 0 Å². The molecule has 0 unspecified atom stereocenters. The summed E-state index contributed by atoms with van der Waals surface area (Å²) in [6.07, 6.45) is 3.52. The van der Waals surface area contributed by atoms with Crippen LogP contribution in [0.2, 0.25) is 0 Å². The number of likely N-dealkylation sites (tertiary alicyclic amines) is 1. The minimum Gasteiger partial charge on any atom is -0.494 e. The van der Waals surface area contributed by atoms with Crippen LogP contribution in [-0.4, -0.2) is 65.9 Å². The Kier molecular flexibility index (Phi) is 8.26. The number of hydrogen-bond donors (Lipinski definition) is 2. The Morgan fingerprint density at radius 3 is 2.40 bits per heavy atom. The molecule has 1 aliphatic rings. The highest BCUT2D eigenvalue weighted by Crippen LogP contribution is 2.32. The quantitative estimate of drug-likeness (QED) is 0.223. The van der Waals surface area contributed by atoms with Gasteiger partial charge in [-0.2, -0.15) is 0 Å². The lowest BCUT2D eigenvalue weighted by atomic mass is 10.00. The molecule has 2 N–H and O–H groups in total. The molecular weight excluding hydrogens is 504 g/mol.